The Balaban J connectivity index is 1.86. The van der Waals surface area contributed by atoms with E-state index in [0.717, 1.165) is 12.2 Å². The van der Waals surface area contributed by atoms with Gasteiger partial charge in [0.1, 0.15) is 5.69 Å². The molecule has 1 aromatic heterocycles. The first-order valence-electron chi connectivity index (χ1n) is 7.12. The van der Waals surface area contributed by atoms with E-state index >= 15 is 0 Å². The first-order valence-corrected chi connectivity index (χ1v) is 7.12. The van der Waals surface area contributed by atoms with Gasteiger partial charge >= 0.3 is 0 Å². The van der Waals surface area contributed by atoms with Crippen LogP contribution in [0.5, 0.6) is 0 Å². The number of carbonyl (C=O) groups is 1. The highest BCUT2D eigenvalue weighted by atomic mass is 16.1. The molecule has 1 aliphatic rings. The number of nitrogens with zero attached hydrogens (tertiary/aromatic N) is 1. The van der Waals surface area contributed by atoms with Crippen LogP contribution >= 0.6 is 0 Å². The molecule has 2 unspecified atom stereocenters. The number of pyridine rings is 1. The van der Waals surface area contributed by atoms with E-state index in [9.17, 15) is 4.79 Å². The predicted molar refractivity (Wildman–Crippen MR) is 77.2 cm³/mol. The third-order valence-electron chi connectivity index (χ3n) is 4.10. The highest BCUT2D eigenvalue weighted by molar-refractivity contribution is 5.92. The van der Waals surface area contributed by atoms with Gasteiger partial charge in [-0.2, -0.15) is 0 Å². The van der Waals surface area contributed by atoms with Crippen molar-refractivity contribution in [2.45, 2.75) is 32.6 Å². The summed E-state index contributed by atoms with van der Waals surface area (Å²) in [6.45, 7) is 3.06. The SMILES string of the molecule is CNc1ccc(C(=O)NCC2CCCCC2C)nc1. The maximum absolute atomic E-state index is 12.0. The zero-order chi connectivity index (χ0) is 13.7. The van der Waals surface area contributed by atoms with Crippen molar-refractivity contribution in [2.75, 3.05) is 18.9 Å². The van der Waals surface area contributed by atoms with Crippen molar-refractivity contribution in [3.8, 4) is 0 Å². The monoisotopic (exact) mass is 261 g/mol. The van der Waals surface area contributed by atoms with Gasteiger partial charge in [-0.1, -0.05) is 26.2 Å². The van der Waals surface area contributed by atoms with Gasteiger partial charge in [0.25, 0.3) is 5.91 Å². The Morgan fingerprint density at radius 1 is 1.37 bits per heavy atom. The van der Waals surface area contributed by atoms with E-state index in [2.05, 4.69) is 22.5 Å². The summed E-state index contributed by atoms with van der Waals surface area (Å²) >= 11 is 0. The number of rotatable bonds is 4. The molecule has 1 fully saturated rings. The molecule has 0 aliphatic heterocycles. The van der Waals surface area contributed by atoms with Crippen LogP contribution in [0.4, 0.5) is 5.69 Å². The maximum atomic E-state index is 12.0. The molecule has 0 spiro atoms. The average Bonchev–Trinajstić information content (AvgIpc) is 2.46. The summed E-state index contributed by atoms with van der Waals surface area (Å²) in [5.74, 6) is 1.27. The highest BCUT2D eigenvalue weighted by Gasteiger charge is 2.21. The van der Waals surface area contributed by atoms with Gasteiger partial charge in [0.15, 0.2) is 0 Å². The molecule has 0 radical (unpaired) electrons. The van der Waals surface area contributed by atoms with E-state index in [1.807, 2.05) is 13.1 Å². The number of anilines is 1. The van der Waals surface area contributed by atoms with E-state index < -0.39 is 0 Å². The molecule has 1 aliphatic carbocycles. The molecular formula is C15H23N3O. The van der Waals surface area contributed by atoms with Gasteiger partial charge in [0.05, 0.1) is 11.9 Å². The molecule has 1 aromatic rings. The lowest BCUT2D eigenvalue weighted by Crippen LogP contribution is -2.33. The molecule has 104 valence electrons. The van der Waals surface area contributed by atoms with Crippen molar-refractivity contribution < 1.29 is 4.79 Å². The summed E-state index contributed by atoms with van der Waals surface area (Å²) in [7, 11) is 1.83. The summed E-state index contributed by atoms with van der Waals surface area (Å²) in [6, 6.07) is 3.62. The molecule has 1 amide bonds. The van der Waals surface area contributed by atoms with Crippen molar-refractivity contribution in [3.63, 3.8) is 0 Å². The third-order valence-corrected chi connectivity index (χ3v) is 4.10. The summed E-state index contributed by atoms with van der Waals surface area (Å²) in [6.07, 6.45) is 6.82. The molecule has 19 heavy (non-hydrogen) atoms. The third kappa shape index (κ3) is 3.69. The smallest absolute Gasteiger partial charge is 0.269 e. The van der Waals surface area contributed by atoms with Crippen LogP contribution < -0.4 is 10.6 Å². The fourth-order valence-electron chi connectivity index (χ4n) is 2.69. The minimum Gasteiger partial charge on any atom is -0.387 e. The quantitative estimate of drug-likeness (QED) is 0.876. The number of aromatic nitrogens is 1. The van der Waals surface area contributed by atoms with E-state index in [1.54, 1.807) is 12.3 Å². The number of amides is 1. The lowest BCUT2D eigenvalue weighted by atomic mass is 9.80. The van der Waals surface area contributed by atoms with Gasteiger partial charge in [-0.15, -0.1) is 0 Å². The molecule has 4 nitrogen and oxygen atoms in total. The van der Waals surface area contributed by atoms with Crippen LogP contribution in [0.3, 0.4) is 0 Å². The van der Waals surface area contributed by atoms with Crippen LogP contribution in [0, 0.1) is 11.8 Å². The Labute approximate surface area is 115 Å². The van der Waals surface area contributed by atoms with Gasteiger partial charge in [-0.05, 0) is 30.4 Å². The molecule has 1 heterocycles. The van der Waals surface area contributed by atoms with Crippen molar-refractivity contribution >= 4 is 11.6 Å². The zero-order valence-electron chi connectivity index (χ0n) is 11.8. The van der Waals surface area contributed by atoms with Crippen LogP contribution in [-0.4, -0.2) is 24.5 Å². The first kappa shape index (κ1) is 13.8. The average molecular weight is 261 g/mol. The molecule has 4 heteroatoms. The van der Waals surface area contributed by atoms with Crippen molar-refractivity contribution in [1.29, 1.82) is 0 Å². The summed E-state index contributed by atoms with van der Waals surface area (Å²) < 4.78 is 0. The van der Waals surface area contributed by atoms with E-state index in [-0.39, 0.29) is 5.91 Å². The number of hydrogen-bond acceptors (Lipinski definition) is 3. The largest absolute Gasteiger partial charge is 0.387 e. The minimum absolute atomic E-state index is 0.0690. The minimum atomic E-state index is -0.0690. The fraction of sp³-hybridized carbons (Fsp3) is 0.600. The van der Waals surface area contributed by atoms with E-state index in [1.165, 1.54) is 25.7 Å². The molecule has 2 N–H and O–H groups in total. The lowest BCUT2D eigenvalue weighted by Gasteiger charge is -2.28. The molecule has 2 atom stereocenters. The predicted octanol–water partition coefficient (Wildman–Crippen LogP) is 2.68. The Hall–Kier alpha value is -1.58. The van der Waals surface area contributed by atoms with Crippen LogP contribution in [0.15, 0.2) is 18.3 Å². The summed E-state index contributed by atoms with van der Waals surface area (Å²) in [5, 5.41) is 6.00. The van der Waals surface area contributed by atoms with Crippen molar-refractivity contribution in [2.24, 2.45) is 11.8 Å². The van der Waals surface area contributed by atoms with Crippen LogP contribution in [-0.2, 0) is 0 Å². The Kier molecular flexibility index (Phi) is 4.77. The van der Waals surface area contributed by atoms with E-state index in [4.69, 9.17) is 0 Å². The number of nitrogens with one attached hydrogen (secondary N) is 2. The molecule has 2 rings (SSSR count). The highest BCUT2D eigenvalue weighted by Crippen LogP contribution is 2.28. The topological polar surface area (TPSA) is 54.0 Å². The zero-order valence-corrected chi connectivity index (χ0v) is 11.8. The van der Waals surface area contributed by atoms with Gasteiger partial charge in [-0.25, -0.2) is 4.98 Å². The van der Waals surface area contributed by atoms with Crippen LogP contribution in [0.2, 0.25) is 0 Å². The Morgan fingerprint density at radius 2 is 2.16 bits per heavy atom. The lowest BCUT2D eigenvalue weighted by molar-refractivity contribution is 0.0931. The summed E-state index contributed by atoms with van der Waals surface area (Å²) in [4.78, 5) is 16.2. The maximum Gasteiger partial charge on any atom is 0.269 e. The Bertz CT molecular complexity index is 416. The number of carbonyl (C=O) groups excluding carboxylic acids is 1. The van der Waals surface area contributed by atoms with Gasteiger partial charge < -0.3 is 10.6 Å². The van der Waals surface area contributed by atoms with Crippen LogP contribution in [0.25, 0.3) is 0 Å². The normalized spacial score (nSPS) is 22.8. The van der Waals surface area contributed by atoms with Gasteiger partial charge in [-0.3, -0.25) is 4.79 Å². The van der Waals surface area contributed by atoms with E-state index in [0.29, 0.717) is 17.5 Å². The Morgan fingerprint density at radius 3 is 2.79 bits per heavy atom. The second-order valence-corrected chi connectivity index (χ2v) is 5.41. The first-order chi connectivity index (χ1) is 9.20. The molecular weight excluding hydrogens is 238 g/mol. The standard InChI is InChI=1S/C15H23N3O/c1-11-5-3-4-6-12(11)9-18-15(19)14-8-7-13(16-2)10-17-14/h7-8,10-12,16H,3-6,9H2,1-2H3,(H,18,19). The molecule has 1 saturated carbocycles. The van der Waals surface area contributed by atoms with Gasteiger partial charge in [0, 0.05) is 13.6 Å². The molecule has 0 aromatic carbocycles. The van der Waals surface area contributed by atoms with Crippen molar-refractivity contribution in [3.05, 3.63) is 24.0 Å². The van der Waals surface area contributed by atoms with Crippen molar-refractivity contribution in [1.82, 2.24) is 10.3 Å². The summed E-state index contributed by atoms with van der Waals surface area (Å²) in [5.41, 5.74) is 1.40. The van der Waals surface area contributed by atoms with Gasteiger partial charge in [0.2, 0.25) is 0 Å². The number of hydrogen-bond donors (Lipinski definition) is 2. The van der Waals surface area contributed by atoms with Crippen LogP contribution in [0.1, 0.15) is 43.1 Å². The fourth-order valence-corrected chi connectivity index (χ4v) is 2.69. The second kappa shape index (κ2) is 6.55. The second-order valence-electron chi connectivity index (χ2n) is 5.41. The molecule has 0 saturated heterocycles. The molecule has 0 bridgehead atoms.